The normalized spacial score (nSPS) is 11.6. The average molecular weight is 370 g/mol. The van der Waals surface area contributed by atoms with Crippen LogP contribution in [-0.2, 0) is 6.42 Å². The summed E-state index contributed by atoms with van der Waals surface area (Å²) in [6.07, 6.45) is 2.57. The molecule has 6 heteroatoms. The average Bonchev–Trinajstić information content (AvgIpc) is 2.43. The molecule has 0 bridgehead atoms. The van der Waals surface area contributed by atoms with Crippen LogP contribution in [0.2, 0.25) is 10.3 Å². The summed E-state index contributed by atoms with van der Waals surface area (Å²) >= 11 is 14.3. The minimum absolute atomic E-state index is 0.237. The Morgan fingerprint density at radius 3 is 2.75 bits per heavy atom. The topological polar surface area (TPSA) is 30.2 Å². The van der Waals surface area contributed by atoms with E-state index in [1.807, 2.05) is 0 Å². The molecule has 0 aliphatic rings. The smallest absolute Gasteiger partial charge is 0.231 e. The van der Waals surface area contributed by atoms with E-state index >= 15 is 0 Å². The van der Waals surface area contributed by atoms with Crippen LogP contribution in [0.1, 0.15) is 19.5 Å². The van der Waals surface area contributed by atoms with Crippen molar-refractivity contribution in [3.05, 3.63) is 25.8 Å². The second-order valence-corrected chi connectivity index (χ2v) is 5.79. The van der Waals surface area contributed by atoms with Gasteiger partial charge < -0.3 is 0 Å². The molecule has 2 aromatic rings. The molecule has 0 N–H and O–H groups in total. The largest absolute Gasteiger partial charge is 0.241 e. The monoisotopic (exact) mass is 369 g/mol. The fraction of sp³-hybridized carbons (Fsp3) is 0.400. The number of aromatic nitrogens is 3. The van der Waals surface area contributed by atoms with E-state index in [2.05, 4.69) is 46.5 Å². The first-order chi connectivity index (χ1) is 7.50. The van der Waals surface area contributed by atoms with E-state index < -0.39 is 0 Å². The van der Waals surface area contributed by atoms with Gasteiger partial charge in [-0.1, -0.05) is 25.4 Å². The van der Waals surface area contributed by atoms with Crippen LogP contribution in [0.25, 0.3) is 5.52 Å². The molecule has 2 heterocycles. The van der Waals surface area contributed by atoms with Crippen molar-refractivity contribution in [2.24, 2.45) is 5.92 Å². The van der Waals surface area contributed by atoms with Crippen molar-refractivity contribution >= 4 is 51.3 Å². The quantitative estimate of drug-likeness (QED) is 0.753. The summed E-state index contributed by atoms with van der Waals surface area (Å²) in [6.45, 7) is 4.32. The molecule has 3 nitrogen and oxygen atoms in total. The van der Waals surface area contributed by atoms with Crippen LogP contribution in [0.5, 0.6) is 0 Å². The highest BCUT2D eigenvalue weighted by molar-refractivity contribution is 14.1. The van der Waals surface area contributed by atoms with Gasteiger partial charge in [0.05, 0.1) is 20.5 Å². The SMILES string of the molecule is CC(C)Cc1c(I)c(Cl)c2cnc(Cl)nn12. The summed E-state index contributed by atoms with van der Waals surface area (Å²) < 4.78 is 2.82. The lowest BCUT2D eigenvalue weighted by molar-refractivity contribution is 0.619. The van der Waals surface area contributed by atoms with Crippen molar-refractivity contribution in [3.63, 3.8) is 0 Å². The number of nitrogens with zero attached hydrogens (tertiary/aromatic N) is 3. The summed E-state index contributed by atoms with van der Waals surface area (Å²) in [4.78, 5) is 3.95. The molecule has 0 spiro atoms. The fourth-order valence-corrected chi connectivity index (χ4v) is 2.67. The Morgan fingerprint density at radius 1 is 1.44 bits per heavy atom. The van der Waals surface area contributed by atoms with Crippen LogP contribution in [0.15, 0.2) is 6.20 Å². The molecule has 0 unspecified atom stereocenters. The Kier molecular flexibility index (Phi) is 3.61. The predicted octanol–water partition coefficient (Wildman–Crippen LogP) is 3.84. The maximum atomic E-state index is 6.23. The first kappa shape index (κ1) is 12.4. The lowest BCUT2D eigenvalue weighted by atomic mass is 10.1. The number of rotatable bonds is 2. The summed E-state index contributed by atoms with van der Waals surface area (Å²) in [5.74, 6) is 0.538. The van der Waals surface area contributed by atoms with Crippen molar-refractivity contribution in [1.29, 1.82) is 0 Å². The van der Waals surface area contributed by atoms with Gasteiger partial charge in [0, 0.05) is 0 Å². The Morgan fingerprint density at radius 2 is 2.12 bits per heavy atom. The van der Waals surface area contributed by atoms with Gasteiger partial charge in [-0.05, 0) is 46.5 Å². The van der Waals surface area contributed by atoms with Crippen LogP contribution < -0.4 is 0 Å². The lowest BCUT2D eigenvalue weighted by Gasteiger charge is -2.05. The zero-order valence-corrected chi connectivity index (χ0v) is 12.5. The van der Waals surface area contributed by atoms with E-state index in [0.717, 1.165) is 21.2 Å². The van der Waals surface area contributed by atoms with Gasteiger partial charge in [-0.2, -0.15) is 0 Å². The van der Waals surface area contributed by atoms with Gasteiger partial charge in [-0.15, -0.1) is 5.10 Å². The van der Waals surface area contributed by atoms with Gasteiger partial charge in [0.25, 0.3) is 0 Å². The van der Waals surface area contributed by atoms with E-state index in [9.17, 15) is 0 Å². The minimum Gasteiger partial charge on any atom is -0.231 e. The molecule has 86 valence electrons. The van der Waals surface area contributed by atoms with Crippen LogP contribution in [0, 0.1) is 9.49 Å². The van der Waals surface area contributed by atoms with Crippen molar-refractivity contribution in [2.45, 2.75) is 20.3 Å². The number of hydrogen-bond acceptors (Lipinski definition) is 2. The molecule has 0 fully saturated rings. The molecule has 0 aliphatic heterocycles. The first-order valence-corrected chi connectivity index (χ1v) is 6.71. The van der Waals surface area contributed by atoms with Gasteiger partial charge in [0.1, 0.15) is 5.52 Å². The third-order valence-electron chi connectivity index (χ3n) is 2.23. The minimum atomic E-state index is 0.237. The third kappa shape index (κ3) is 2.15. The molecule has 0 aliphatic carbocycles. The molecule has 0 aromatic carbocycles. The predicted molar refractivity (Wildman–Crippen MR) is 74.3 cm³/mol. The highest BCUT2D eigenvalue weighted by atomic mass is 127. The molecular formula is C10H10Cl2IN3. The van der Waals surface area contributed by atoms with E-state index in [1.54, 1.807) is 10.7 Å². The summed E-state index contributed by atoms with van der Waals surface area (Å²) in [7, 11) is 0. The molecule has 0 amide bonds. The number of fused-ring (bicyclic) bond motifs is 1. The third-order valence-corrected chi connectivity index (χ3v) is 4.27. The number of halogens is 3. The second-order valence-electron chi connectivity index (χ2n) is 4.00. The standard InChI is InChI=1S/C10H10Cl2IN3/c1-5(2)3-6-9(13)8(11)7-4-14-10(12)15-16(6)7/h4-5H,3H2,1-2H3. The Balaban J connectivity index is 2.70. The van der Waals surface area contributed by atoms with E-state index in [0.29, 0.717) is 10.9 Å². The maximum absolute atomic E-state index is 6.23. The summed E-state index contributed by atoms with van der Waals surface area (Å²) in [5, 5.41) is 5.13. The molecule has 0 saturated carbocycles. The van der Waals surface area contributed by atoms with Gasteiger partial charge >= 0.3 is 0 Å². The Bertz CT molecular complexity index is 536. The van der Waals surface area contributed by atoms with Gasteiger partial charge in [0.15, 0.2) is 0 Å². The van der Waals surface area contributed by atoms with Crippen molar-refractivity contribution in [3.8, 4) is 0 Å². The highest BCUT2D eigenvalue weighted by Gasteiger charge is 2.17. The Labute approximate surface area is 117 Å². The van der Waals surface area contributed by atoms with Gasteiger partial charge in [-0.25, -0.2) is 9.50 Å². The maximum Gasteiger partial charge on any atom is 0.241 e. The van der Waals surface area contributed by atoms with Crippen molar-refractivity contribution in [2.75, 3.05) is 0 Å². The number of hydrogen-bond donors (Lipinski definition) is 0. The van der Waals surface area contributed by atoms with E-state index in [-0.39, 0.29) is 5.28 Å². The van der Waals surface area contributed by atoms with Crippen molar-refractivity contribution in [1.82, 2.24) is 14.6 Å². The molecule has 0 radical (unpaired) electrons. The van der Waals surface area contributed by atoms with Crippen LogP contribution >= 0.6 is 45.8 Å². The van der Waals surface area contributed by atoms with Gasteiger partial charge in [-0.3, -0.25) is 0 Å². The molecule has 16 heavy (non-hydrogen) atoms. The van der Waals surface area contributed by atoms with E-state index in [1.165, 1.54) is 0 Å². The highest BCUT2D eigenvalue weighted by Crippen LogP contribution is 2.30. The molecular weight excluding hydrogens is 360 g/mol. The van der Waals surface area contributed by atoms with Crippen molar-refractivity contribution < 1.29 is 0 Å². The molecule has 2 aromatic heterocycles. The molecule has 0 atom stereocenters. The zero-order valence-electron chi connectivity index (χ0n) is 8.84. The zero-order chi connectivity index (χ0) is 11.9. The van der Waals surface area contributed by atoms with Crippen LogP contribution in [0.3, 0.4) is 0 Å². The summed E-state index contributed by atoms with van der Waals surface area (Å²) in [6, 6.07) is 0. The fourth-order valence-electron chi connectivity index (χ4n) is 1.58. The van der Waals surface area contributed by atoms with Crippen LogP contribution in [-0.4, -0.2) is 14.6 Å². The first-order valence-electron chi connectivity index (χ1n) is 4.87. The molecule has 0 saturated heterocycles. The molecule has 2 rings (SSSR count). The van der Waals surface area contributed by atoms with Gasteiger partial charge in [0.2, 0.25) is 5.28 Å². The Hall–Kier alpha value is -0.0700. The lowest BCUT2D eigenvalue weighted by Crippen LogP contribution is -2.03. The van der Waals surface area contributed by atoms with Crippen LogP contribution in [0.4, 0.5) is 0 Å². The summed E-state index contributed by atoms with van der Waals surface area (Å²) in [5.41, 5.74) is 1.91. The van der Waals surface area contributed by atoms with E-state index in [4.69, 9.17) is 23.2 Å². The second kappa shape index (κ2) is 4.66.